The van der Waals surface area contributed by atoms with Crippen LogP contribution in [0.1, 0.15) is 75.5 Å². The Morgan fingerprint density at radius 3 is 2.07 bits per heavy atom. The van der Waals surface area contributed by atoms with E-state index in [0.717, 1.165) is 46.7 Å². The van der Waals surface area contributed by atoms with Crippen molar-refractivity contribution in [3.63, 3.8) is 0 Å². The summed E-state index contributed by atoms with van der Waals surface area (Å²) in [6.07, 6.45) is 5.19. The lowest BCUT2D eigenvalue weighted by Crippen LogP contribution is -2.53. The van der Waals surface area contributed by atoms with Gasteiger partial charge in [0.05, 0.1) is 10.6 Å². The molecule has 3 aromatic carbocycles. The Hall–Kier alpha value is -3.65. The van der Waals surface area contributed by atoms with Crippen LogP contribution in [0.25, 0.3) is 0 Å². The minimum Gasteiger partial charge on any atom is -0.352 e. The molecule has 0 unspecified atom stereocenters. The number of rotatable bonds is 11. The van der Waals surface area contributed by atoms with Gasteiger partial charge in [-0.2, -0.15) is 0 Å². The van der Waals surface area contributed by atoms with Crippen molar-refractivity contribution in [3.8, 4) is 0 Å². The first-order valence-electron chi connectivity index (χ1n) is 14.9. The number of amides is 2. The normalized spacial score (nSPS) is 14.8. The fraction of sp³-hybridized carbons (Fsp3) is 0.412. The van der Waals surface area contributed by atoms with Crippen molar-refractivity contribution in [2.24, 2.45) is 0 Å². The zero-order chi connectivity index (χ0) is 30.3. The van der Waals surface area contributed by atoms with Gasteiger partial charge in [0.2, 0.25) is 11.8 Å². The van der Waals surface area contributed by atoms with Crippen molar-refractivity contribution in [3.05, 3.63) is 95.6 Å². The Kier molecular flexibility index (Phi) is 10.4. The van der Waals surface area contributed by atoms with Crippen molar-refractivity contribution in [2.45, 2.75) is 89.2 Å². The predicted octanol–water partition coefficient (Wildman–Crippen LogP) is 6.18. The van der Waals surface area contributed by atoms with Crippen LogP contribution in [0.5, 0.6) is 0 Å². The van der Waals surface area contributed by atoms with E-state index in [-0.39, 0.29) is 29.3 Å². The van der Waals surface area contributed by atoms with Crippen molar-refractivity contribution in [1.82, 2.24) is 10.2 Å². The molecule has 0 heterocycles. The van der Waals surface area contributed by atoms with Crippen LogP contribution in [0.2, 0.25) is 0 Å². The Bertz CT molecular complexity index is 1430. The molecule has 0 spiro atoms. The molecule has 8 heteroatoms. The topological polar surface area (TPSA) is 86.8 Å². The average molecular weight is 590 g/mol. The second-order valence-electron chi connectivity index (χ2n) is 11.6. The molecule has 1 fully saturated rings. The van der Waals surface area contributed by atoms with Gasteiger partial charge in [0.1, 0.15) is 12.6 Å². The lowest BCUT2D eigenvalue weighted by atomic mass is 9.95. The van der Waals surface area contributed by atoms with Gasteiger partial charge < -0.3 is 10.2 Å². The first kappa shape index (κ1) is 31.3. The van der Waals surface area contributed by atoms with Gasteiger partial charge in [-0.25, -0.2) is 8.42 Å². The molecule has 1 aliphatic carbocycles. The van der Waals surface area contributed by atoms with Crippen molar-refractivity contribution in [1.29, 1.82) is 0 Å². The minimum absolute atomic E-state index is 0.0975. The highest BCUT2D eigenvalue weighted by molar-refractivity contribution is 7.92. The minimum atomic E-state index is -4.09. The number of carbonyl (C=O) groups excluding carboxylic acids is 2. The molecule has 0 saturated heterocycles. The number of nitrogens with zero attached hydrogens (tertiary/aromatic N) is 2. The van der Waals surface area contributed by atoms with Crippen LogP contribution in [0.4, 0.5) is 5.69 Å². The zero-order valence-electron chi connectivity index (χ0n) is 25.1. The van der Waals surface area contributed by atoms with Gasteiger partial charge in [0.25, 0.3) is 10.0 Å². The summed E-state index contributed by atoms with van der Waals surface area (Å²) in [6, 6.07) is 22.7. The van der Waals surface area contributed by atoms with Crippen molar-refractivity contribution in [2.75, 3.05) is 10.8 Å². The summed E-state index contributed by atoms with van der Waals surface area (Å²) in [5.41, 5.74) is 3.26. The van der Waals surface area contributed by atoms with Gasteiger partial charge in [-0.05, 0) is 68.0 Å². The molecule has 0 bridgehead atoms. The highest BCUT2D eigenvalue weighted by atomic mass is 32.2. The fourth-order valence-electron chi connectivity index (χ4n) is 5.32. The molecule has 42 heavy (non-hydrogen) atoms. The molecular weight excluding hydrogens is 546 g/mol. The number of hydrogen-bond acceptors (Lipinski definition) is 4. The standard InChI is InChI=1S/C34H43N3O4S/c1-25(2)29-17-19-31(20-18-29)37(42(40,41)32-21-15-26(3)16-22-32)24-33(38)36(23-28-11-7-5-8-12-28)27(4)34(39)35-30-13-9-6-10-14-30/h5,7-8,11-12,15-22,25,27,30H,6,9-10,13-14,23-24H2,1-4H3,(H,35,39)/t27-/m1/s1. The molecule has 224 valence electrons. The number of benzene rings is 3. The summed E-state index contributed by atoms with van der Waals surface area (Å²) in [4.78, 5) is 29.1. The predicted molar refractivity (Wildman–Crippen MR) is 168 cm³/mol. The van der Waals surface area contributed by atoms with Crippen LogP contribution in [-0.4, -0.2) is 43.8 Å². The van der Waals surface area contributed by atoms with E-state index in [9.17, 15) is 18.0 Å². The van der Waals surface area contributed by atoms with Crippen molar-refractivity contribution >= 4 is 27.5 Å². The number of hydrogen-bond donors (Lipinski definition) is 1. The van der Waals surface area contributed by atoms with Crippen LogP contribution in [0, 0.1) is 6.92 Å². The molecular formula is C34H43N3O4S. The highest BCUT2D eigenvalue weighted by Crippen LogP contribution is 2.27. The molecule has 7 nitrogen and oxygen atoms in total. The van der Waals surface area contributed by atoms with E-state index in [2.05, 4.69) is 19.2 Å². The van der Waals surface area contributed by atoms with Crippen LogP contribution >= 0.6 is 0 Å². The average Bonchev–Trinajstić information content (AvgIpc) is 2.99. The van der Waals surface area contributed by atoms with Gasteiger partial charge in [-0.1, -0.05) is 93.3 Å². The van der Waals surface area contributed by atoms with Crippen LogP contribution in [0.3, 0.4) is 0 Å². The third kappa shape index (κ3) is 7.79. The van der Waals surface area contributed by atoms with E-state index in [4.69, 9.17) is 0 Å². The van der Waals surface area contributed by atoms with Crippen molar-refractivity contribution < 1.29 is 18.0 Å². The number of nitrogens with one attached hydrogen (secondary N) is 1. The number of aryl methyl sites for hydroxylation is 1. The van der Waals surface area contributed by atoms with E-state index in [1.807, 2.05) is 49.4 Å². The Morgan fingerprint density at radius 1 is 0.857 bits per heavy atom. The quantitative estimate of drug-likeness (QED) is 0.289. The second kappa shape index (κ2) is 14.0. The van der Waals surface area contributed by atoms with Gasteiger partial charge >= 0.3 is 0 Å². The van der Waals surface area contributed by atoms with Crippen LogP contribution < -0.4 is 9.62 Å². The second-order valence-corrected chi connectivity index (χ2v) is 13.5. The summed E-state index contributed by atoms with van der Waals surface area (Å²) in [5, 5.41) is 3.14. The lowest BCUT2D eigenvalue weighted by molar-refractivity contribution is -0.139. The van der Waals surface area contributed by atoms with Gasteiger partial charge in [0.15, 0.2) is 0 Å². The summed E-state index contributed by atoms with van der Waals surface area (Å²) in [7, 11) is -4.09. The Labute approximate surface area is 251 Å². The van der Waals surface area contributed by atoms with E-state index in [1.54, 1.807) is 43.3 Å². The molecule has 4 rings (SSSR count). The monoisotopic (exact) mass is 589 g/mol. The molecule has 1 aliphatic rings. The maximum atomic E-state index is 14.1. The molecule has 0 aliphatic heterocycles. The fourth-order valence-corrected chi connectivity index (χ4v) is 6.74. The number of carbonyl (C=O) groups is 2. The maximum absolute atomic E-state index is 14.1. The summed E-state index contributed by atoms with van der Waals surface area (Å²) in [5.74, 6) is -0.401. The molecule has 1 saturated carbocycles. The smallest absolute Gasteiger partial charge is 0.264 e. The molecule has 1 atom stereocenters. The molecule has 0 aromatic heterocycles. The number of anilines is 1. The summed E-state index contributed by atoms with van der Waals surface area (Å²) in [6.45, 7) is 7.49. The SMILES string of the molecule is Cc1ccc(S(=O)(=O)N(CC(=O)N(Cc2ccccc2)[C@H](C)C(=O)NC2CCCCC2)c2ccc(C(C)C)cc2)cc1. The summed E-state index contributed by atoms with van der Waals surface area (Å²) < 4.78 is 29.2. The Balaban J connectivity index is 1.67. The lowest BCUT2D eigenvalue weighted by Gasteiger charge is -2.33. The molecule has 1 N–H and O–H groups in total. The number of sulfonamides is 1. The molecule has 3 aromatic rings. The van der Waals surface area contributed by atoms with Gasteiger partial charge in [-0.3, -0.25) is 13.9 Å². The first-order valence-corrected chi connectivity index (χ1v) is 16.3. The Morgan fingerprint density at radius 2 is 1.48 bits per heavy atom. The zero-order valence-corrected chi connectivity index (χ0v) is 25.9. The van der Waals surface area contributed by atoms with E-state index < -0.39 is 28.5 Å². The molecule has 2 amide bonds. The van der Waals surface area contributed by atoms with E-state index >= 15 is 0 Å². The van der Waals surface area contributed by atoms with Crippen LogP contribution in [-0.2, 0) is 26.2 Å². The highest BCUT2D eigenvalue weighted by Gasteiger charge is 2.33. The first-order chi connectivity index (χ1) is 20.1. The van der Waals surface area contributed by atoms with E-state index in [1.165, 1.54) is 11.3 Å². The molecule has 0 radical (unpaired) electrons. The van der Waals surface area contributed by atoms with Gasteiger partial charge in [-0.15, -0.1) is 0 Å². The largest absolute Gasteiger partial charge is 0.352 e. The third-order valence-corrected chi connectivity index (χ3v) is 9.84. The summed E-state index contributed by atoms with van der Waals surface area (Å²) >= 11 is 0. The third-order valence-electron chi connectivity index (χ3n) is 8.05. The van der Waals surface area contributed by atoms with E-state index in [0.29, 0.717) is 5.69 Å². The van der Waals surface area contributed by atoms with Crippen LogP contribution in [0.15, 0.2) is 83.8 Å². The van der Waals surface area contributed by atoms with Gasteiger partial charge in [0, 0.05) is 12.6 Å². The maximum Gasteiger partial charge on any atom is 0.264 e.